The maximum absolute atomic E-state index is 12.4. The number of esters is 2. The maximum Gasteiger partial charge on any atom is 0.350 e. The van der Waals surface area contributed by atoms with E-state index in [4.69, 9.17) is 25.8 Å². The minimum atomic E-state index is -1.33. The minimum absolute atomic E-state index is 0.248. The molecule has 2 rings (SSSR count). The molecule has 1 atom stereocenters. The molecule has 1 unspecified atom stereocenters. The second-order valence-electron chi connectivity index (χ2n) is 6.98. The zero-order chi connectivity index (χ0) is 22.1. The highest BCUT2D eigenvalue weighted by molar-refractivity contribution is 6.30. The van der Waals surface area contributed by atoms with Crippen LogP contribution in [0.3, 0.4) is 0 Å². The topological polar surface area (TPSA) is 90.9 Å². The summed E-state index contributed by atoms with van der Waals surface area (Å²) in [6.07, 6.45) is 0.248. The van der Waals surface area contributed by atoms with Crippen molar-refractivity contribution in [3.8, 4) is 5.75 Å². The Morgan fingerprint density at radius 3 is 2.27 bits per heavy atom. The van der Waals surface area contributed by atoms with Crippen molar-refractivity contribution in [3.63, 3.8) is 0 Å². The van der Waals surface area contributed by atoms with Crippen LogP contribution in [0, 0.1) is 0 Å². The van der Waals surface area contributed by atoms with Gasteiger partial charge in [0.15, 0.2) is 12.2 Å². The van der Waals surface area contributed by atoms with Gasteiger partial charge in [-0.2, -0.15) is 0 Å². The molecule has 8 heteroatoms. The molecule has 0 aliphatic carbocycles. The van der Waals surface area contributed by atoms with Crippen LogP contribution in [0.15, 0.2) is 54.6 Å². The summed E-state index contributed by atoms with van der Waals surface area (Å²) in [6.45, 7) is 2.48. The third-order valence-electron chi connectivity index (χ3n) is 4.12. The van der Waals surface area contributed by atoms with Crippen molar-refractivity contribution in [1.29, 1.82) is 0 Å². The number of rotatable bonds is 9. The quantitative estimate of drug-likeness (QED) is 0.611. The smallest absolute Gasteiger partial charge is 0.350 e. The summed E-state index contributed by atoms with van der Waals surface area (Å²) in [6, 6.07) is 14.8. The number of nitrogens with one attached hydrogen (secondary N) is 1. The summed E-state index contributed by atoms with van der Waals surface area (Å²) in [4.78, 5) is 36.6. The Bertz CT molecular complexity index is 867. The number of carbonyl (C=O) groups is 3. The Kier molecular flexibility index (Phi) is 8.24. The summed E-state index contributed by atoms with van der Waals surface area (Å²) in [5.41, 5.74) is -0.484. The normalized spacial score (nSPS) is 11.9. The fourth-order valence-corrected chi connectivity index (χ4v) is 2.69. The molecule has 0 spiro atoms. The summed E-state index contributed by atoms with van der Waals surface area (Å²) in [7, 11) is 1.24. The molecule has 7 nitrogen and oxygen atoms in total. The molecule has 0 aromatic heterocycles. The van der Waals surface area contributed by atoms with E-state index in [9.17, 15) is 14.4 Å². The predicted octanol–water partition coefficient (Wildman–Crippen LogP) is 2.94. The second-order valence-corrected chi connectivity index (χ2v) is 7.41. The molecule has 2 aromatic rings. The van der Waals surface area contributed by atoms with Crippen LogP contribution in [-0.2, 0) is 30.3 Å². The highest BCUT2D eigenvalue weighted by Crippen LogP contribution is 2.21. The van der Waals surface area contributed by atoms with Crippen LogP contribution in [0.25, 0.3) is 0 Å². The van der Waals surface area contributed by atoms with Crippen molar-refractivity contribution < 1.29 is 28.6 Å². The van der Waals surface area contributed by atoms with Crippen LogP contribution in [0.5, 0.6) is 5.75 Å². The average molecular weight is 434 g/mol. The molecule has 0 radical (unpaired) electrons. The number of methoxy groups -OCH3 is 1. The van der Waals surface area contributed by atoms with E-state index in [-0.39, 0.29) is 6.42 Å². The number of benzene rings is 2. The molecule has 0 heterocycles. The lowest BCUT2D eigenvalue weighted by atomic mass is 10.1. The summed E-state index contributed by atoms with van der Waals surface area (Å²) >= 11 is 5.83. The largest absolute Gasteiger partial charge is 0.476 e. The zero-order valence-corrected chi connectivity index (χ0v) is 17.8. The monoisotopic (exact) mass is 433 g/mol. The Balaban J connectivity index is 1.91. The molecule has 0 aliphatic rings. The van der Waals surface area contributed by atoms with Gasteiger partial charge < -0.3 is 19.5 Å². The summed E-state index contributed by atoms with van der Waals surface area (Å²) in [5.74, 6) is -1.52. The first-order valence-corrected chi connectivity index (χ1v) is 9.62. The van der Waals surface area contributed by atoms with Crippen molar-refractivity contribution in [2.75, 3.05) is 13.7 Å². The molecule has 160 valence electrons. The number of halogens is 1. The van der Waals surface area contributed by atoms with Crippen molar-refractivity contribution in [2.24, 2.45) is 0 Å². The van der Waals surface area contributed by atoms with E-state index in [1.165, 1.54) is 21.0 Å². The molecule has 1 amide bonds. The Labute approximate surface area is 180 Å². The standard InChI is InChI=1S/C22H24ClNO6/c1-22(2,30-17-11-9-16(23)10-12-17)21(27)29-14-19(25)24-18(20(26)28-3)13-15-7-5-4-6-8-15/h4-12,18H,13-14H2,1-3H3,(H,24,25). The van der Waals surface area contributed by atoms with Crippen LogP contribution in [0.2, 0.25) is 5.02 Å². The summed E-state index contributed by atoms with van der Waals surface area (Å²) < 4.78 is 15.5. The van der Waals surface area contributed by atoms with Crippen LogP contribution >= 0.6 is 11.6 Å². The van der Waals surface area contributed by atoms with Gasteiger partial charge in [0.1, 0.15) is 11.8 Å². The second kappa shape index (κ2) is 10.6. The van der Waals surface area contributed by atoms with Crippen molar-refractivity contribution in [3.05, 3.63) is 65.2 Å². The Morgan fingerprint density at radius 2 is 1.67 bits per heavy atom. The van der Waals surface area contributed by atoms with Gasteiger partial charge in [-0.05, 0) is 43.7 Å². The zero-order valence-electron chi connectivity index (χ0n) is 17.0. The van der Waals surface area contributed by atoms with Gasteiger partial charge in [0.05, 0.1) is 7.11 Å². The van der Waals surface area contributed by atoms with Gasteiger partial charge in [-0.1, -0.05) is 41.9 Å². The molecule has 0 saturated carbocycles. The lowest BCUT2D eigenvalue weighted by molar-refractivity contribution is -0.162. The number of carbonyl (C=O) groups excluding carboxylic acids is 3. The van der Waals surface area contributed by atoms with E-state index in [1.807, 2.05) is 30.3 Å². The van der Waals surface area contributed by atoms with Crippen molar-refractivity contribution in [1.82, 2.24) is 5.32 Å². The van der Waals surface area contributed by atoms with Crippen molar-refractivity contribution >= 4 is 29.4 Å². The highest BCUT2D eigenvalue weighted by atomic mass is 35.5. The highest BCUT2D eigenvalue weighted by Gasteiger charge is 2.33. The molecular formula is C22H24ClNO6. The van der Waals surface area contributed by atoms with Crippen LogP contribution in [0.4, 0.5) is 0 Å². The lowest BCUT2D eigenvalue weighted by Gasteiger charge is -2.24. The maximum atomic E-state index is 12.4. The van der Waals surface area contributed by atoms with Crippen molar-refractivity contribution in [2.45, 2.75) is 31.9 Å². The van der Waals surface area contributed by atoms with Gasteiger partial charge >= 0.3 is 11.9 Å². The van der Waals surface area contributed by atoms with E-state index in [0.717, 1.165) is 5.56 Å². The number of ether oxygens (including phenoxy) is 3. The van der Waals surface area contributed by atoms with Gasteiger partial charge in [0, 0.05) is 11.4 Å². The minimum Gasteiger partial charge on any atom is -0.476 e. The third kappa shape index (κ3) is 7.08. The fourth-order valence-electron chi connectivity index (χ4n) is 2.57. The van der Waals surface area contributed by atoms with Gasteiger partial charge in [0.25, 0.3) is 5.91 Å². The lowest BCUT2D eigenvalue weighted by Crippen LogP contribution is -2.46. The molecule has 0 aliphatic heterocycles. The third-order valence-corrected chi connectivity index (χ3v) is 4.37. The van der Waals surface area contributed by atoms with Crippen LogP contribution in [0.1, 0.15) is 19.4 Å². The fraction of sp³-hybridized carbons (Fsp3) is 0.318. The molecule has 2 aromatic carbocycles. The molecule has 0 bridgehead atoms. The SMILES string of the molecule is COC(=O)C(Cc1ccccc1)NC(=O)COC(=O)C(C)(C)Oc1ccc(Cl)cc1. The molecular weight excluding hydrogens is 410 g/mol. The van der Waals surface area contributed by atoms with E-state index in [2.05, 4.69) is 5.32 Å². The summed E-state index contributed by atoms with van der Waals surface area (Å²) in [5, 5.41) is 3.07. The van der Waals surface area contributed by atoms with Gasteiger partial charge in [-0.25, -0.2) is 9.59 Å². The molecule has 1 N–H and O–H groups in total. The van der Waals surface area contributed by atoms with Gasteiger partial charge in [-0.15, -0.1) is 0 Å². The average Bonchev–Trinajstić information content (AvgIpc) is 2.73. The first-order valence-electron chi connectivity index (χ1n) is 9.24. The molecule has 0 fully saturated rings. The van der Waals surface area contributed by atoms with Crippen LogP contribution < -0.4 is 10.1 Å². The number of hydrogen-bond acceptors (Lipinski definition) is 6. The van der Waals surface area contributed by atoms with E-state index in [0.29, 0.717) is 10.8 Å². The molecule has 0 saturated heterocycles. The number of hydrogen-bond donors (Lipinski definition) is 1. The first kappa shape index (κ1) is 23.2. The predicted molar refractivity (Wildman–Crippen MR) is 111 cm³/mol. The van der Waals surface area contributed by atoms with E-state index in [1.54, 1.807) is 24.3 Å². The molecule has 30 heavy (non-hydrogen) atoms. The first-order chi connectivity index (χ1) is 14.2. The van der Waals surface area contributed by atoms with E-state index >= 15 is 0 Å². The van der Waals surface area contributed by atoms with Gasteiger partial charge in [-0.3, -0.25) is 4.79 Å². The Hall–Kier alpha value is -3.06. The van der Waals surface area contributed by atoms with Gasteiger partial charge in [0.2, 0.25) is 0 Å². The number of amides is 1. The van der Waals surface area contributed by atoms with Crippen LogP contribution in [-0.4, -0.2) is 43.2 Å². The van der Waals surface area contributed by atoms with E-state index < -0.39 is 36.1 Å². The Morgan fingerprint density at radius 1 is 1.03 bits per heavy atom.